The first-order valence-corrected chi connectivity index (χ1v) is 8.07. The van der Waals surface area contributed by atoms with Crippen LogP contribution in [0.15, 0.2) is 24.3 Å². The van der Waals surface area contributed by atoms with Crippen molar-refractivity contribution < 1.29 is 4.79 Å². The number of anilines is 1. The largest absolute Gasteiger partial charge is 0.375 e. The summed E-state index contributed by atoms with van der Waals surface area (Å²) in [6, 6.07) is 7.85. The molecule has 1 rings (SSSR count). The summed E-state index contributed by atoms with van der Waals surface area (Å²) >= 11 is 0. The first-order valence-electron chi connectivity index (χ1n) is 8.07. The molecule has 0 unspecified atom stereocenters. The number of carbonyl (C=O) groups is 1. The highest BCUT2D eigenvalue weighted by Gasteiger charge is 2.21. The standard InChI is InChI=1S/C18H31N3O.2ClH/c1-6-7-12-20(4)16-10-8-15(9-11-16)17(22)21(5)14-18(2,3)13-19;;/h8-11H,6-7,12-14,19H2,1-5H3;2*1H. The van der Waals surface area contributed by atoms with Gasteiger partial charge in [0.05, 0.1) is 0 Å². The van der Waals surface area contributed by atoms with E-state index in [2.05, 4.69) is 32.7 Å². The fourth-order valence-electron chi connectivity index (χ4n) is 2.38. The second kappa shape index (κ2) is 11.6. The van der Waals surface area contributed by atoms with Crippen LogP contribution in [0, 0.1) is 5.41 Å². The molecule has 0 aromatic heterocycles. The van der Waals surface area contributed by atoms with Gasteiger partial charge in [-0.25, -0.2) is 0 Å². The molecule has 0 spiro atoms. The maximum atomic E-state index is 12.5. The molecule has 24 heavy (non-hydrogen) atoms. The number of carbonyl (C=O) groups excluding carboxylic acids is 1. The van der Waals surface area contributed by atoms with Gasteiger partial charge in [-0.3, -0.25) is 4.79 Å². The second-order valence-corrected chi connectivity index (χ2v) is 6.85. The summed E-state index contributed by atoms with van der Waals surface area (Å²) in [5.74, 6) is 0.0456. The molecule has 0 aliphatic rings. The van der Waals surface area contributed by atoms with Crippen molar-refractivity contribution in [2.45, 2.75) is 33.6 Å². The Morgan fingerprint density at radius 3 is 2.12 bits per heavy atom. The topological polar surface area (TPSA) is 49.6 Å². The lowest BCUT2D eigenvalue weighted by atomic mass is 9.93. The van der Waals surface area contributed by atoms with E-state index in [-0.39, 0.29) is 36.1 Å². The summed E-state index contributed by atoms with van der Waals surface area (Å²) in [5.41, 5.74) is 7.55. The Morgan fingerprint density at radius 2 is 1.67 bits per heavy atom. The quantitative estimate of drug-likeness (QED) is 0.748. The van der Waals surface area contributed by atoms with Crippen molar-refractivity contribution >= 4 is 36.4 Å². The van der Waals surface area contributed by atoms with Crippen molar-refractivity contribution in [3.8, 4) is 0 Å². The Labute approximate surface area is 159 Å². The predicted molar refractivity (Wildman–Crippen MR) is 109 cm³/mol. The van der Waals surface area contributed by atoms with Crippen LogP contribution in [0.3, 0.4) is 0 Å². The number of hydrogen-bond donors (Lipinski definition) is 1. The van der Waals surface area contributed by atoms with Crippen LogP contribution in [0.2, 0.25) is 0 Å². The van der Waals surface area contributed by atoms with Crippen LogP contribution in [0.25, 0.3) is 0 Å². The van der Waals surface area contributed by atoms with E-state index in [0.29, 0.717) is 13.1 Å². The van der Waals surface area contributed by atoms with Crippen molar-refractivity contribution in [2.75, 3.05) is 38.6 Å². The Bertz CT molecular complexity index is 478. The molecule has 0 fully saturated rings. The Hall–Kier alpha value is -0.970. The van der Waals surface area contributed by atoms with Gasteiger partial charge in [0.15, 0.2) is 0 Å². The van der Waals surface area contributed by atoms with E-state index in [1.165, 1.54) is 12.8 Å². The van der Waals surface area contributed by atoms with E-state index in [9.17, 15) is 4.79 Å². The molecule has 2 N–H and O–H groups in total. The molecule has 0 heterocycles. The van der Waals surface area contributed by atoms with Gasteiger partial charge in [-0.1, -0.05) is 27.2 Å². The Morgan fingerprint density at radius 1 is 1.12 bits per heavy atom. The number of nitrogens with two attached hydrogens (primary N) is 1. The van der Waals surface area contributed by atoms with Gasteiger partial charge in [0.25, 0.3) is 5.91 Å². The minimum atomic E-state index is -0.0648. The predicted octanol–water partition coefficient (Wildman–Crippen LogP) is 3.82. The number of amides is 1. The van der Waals surface area contributed by atoms with E-state index in [4.69, 9.17) is 5.73 Å². The molecule has 1 aromatic rings. The maximum Gasteiger partial charge on any atom is 0.253 e. The maximum absolute atomic E-state index is 12.5. The van der Waals surface area contributed by atoms with Gasteiger partial charge in [0, 0.05) is 38.4 Å². The molecule has 0 atom stereocenters. The number of halogens is 2. The molecule has 6 heteroatoms. The number of hydrogen-bond acceptors (Lipinski definition) is 3. The van der Waals surface area contributed by atoms with Gasteiger partial charge in [0.1, 0.15) is 0 Å². The fraction of sp³-hybridized carbons (Fsp3) is 0.611. The third-order valence-electron chi connectivity index (χ3n) is 3.97. The number of rotatable bonds is 8. The molecule has 0 saturated carbocycles. The van der Waals surface area contributed by atoms with Crippen molar-refractivity contribution in [3.63, 3.8) is 0 Å². The van der Waals surface area contributed by atoms with E-state index in [1.807, 2.05) is 31.3 Å². The van der Waals surface area contributed by atoms with Crippen molar-refractivity contribution in [2.24, 2.45) is 11.1 Å². The fourth-order valence-corrected chi connectivity index (χ4v) is 2.38. The van der Waals surface area contributed by atoms with E-state index < -0.39 is 0 Å². The minimum Gasteiger partial charge on any atom is -0.375 e. The molecule has 1 aromatic carbocycles. The van der Waals surface area contributed by atoms with Crippen LogP contribution in [-0.2, 0) is 0 Å². The van der Waals surface area contributed by atoms with Crippen molar-refractivity contribution in [1.29, 1.82) is 0 Å². The van der Waals surface area contributed by atoms with Gasteiger partial charge in [-0.05, 0) is 42.6 Å². The third kappa shape index (κ3) is 7.73. The Kier molecular flexibility index (Phi) is 12.2. The monoisotopic (exact) mass is 377 g/mol. The van der Waals surface area contributed by atoms with Crippen LogP contribution in [0.5, 0.6) is 0 Å². The number of unbranched alkanes of at least 4 members (excludes halogenated alkanes) is 1. The molecule has 0 aliphatic carbocycles. The summed E-state index contributed by atoms with van der Waals surface area (Å²) in [6.07, 6.45) is 2.36. The zero-order valence-electron chi connectivity index (χ0n) is 15.5. The van der Waals surface area contributed by atoms with E-state index >= 15 is 0 Å². The summed E-state index contributed by atoms with van der Waals surface area (Å²) in [6.45, 7) is 8.58. The van der Waals surface area contributed by atoms with Crippen LogP contribution in [0.4, 0.5) is 5.69 Å². The second-order valence-electron chi connectivity index (χ2n) is 6.85. The minimum absolute atomic E-state index is 0. The zero-order valence-corrected chi connectivity index (χ0v) is 17.2. The summed E-state index contributed by atoms with van der Waals surface area (Å²) in [5, 5.41) is 0. The van der Waals surface area contributed by atoms with Crippen LogP contribution >= 0.6 is 24.8 Å². The summed E-state index contributed by atoms with van der Waals surface area (Å²) in [7, 11) is 3.92. The SMILES string of the molecule is CCCCN(C)c1ccc(C(=O)N(C)CC(C)(C)CN)cc1.Cl.Cl. The lowest BCUT2D eigenvalue weighted by molar-refractivity contribution is 0.0740. The molecular weight excluding hydrogens is 345 g/mol. The number of benzene rings is 1. The molecule has 140 valence electrons. The highest BCUT2D eigenvalue weighted by atomic mass is 35.5. The average Bonchev–Trinajstić information content (AvgIpc) is 2.51. The molecular formula is C18H33Cl2N3O. The van der Waals surface area contributed by atoms with E-state index in [0.717, 1.165) is 17.8 Å². The highest BCUT2D eigenvalue weighted by molar-refractivity contribution is 5.94. The first kappa shape index (κ1) is 25.3. The van der Waals surface area contributed by atoms with Gasteiger partial charge >= 0.3 is 0 Å². The van der Waals surface area contributed by atoms with Crippen LogP contribution in [0.1, 0.15) is 44.0 Å². The first-order chi connectivity index (χ1) is 10.3. The molecule has 0 aliphatic heterocycles. The van der Waals surface area contributed by atoms with Gasteiger partial charge in [-0.15, -0.1) is 24.8 Å². The molecule has 1 amide bonds. The van der Waals surface area contributed by atoms with Crippen molar-refractivity contribution in [1.82, 2.24) is 4.90 Å². The van der Waals surface area contributed by atoms with E-state index in [1.54, 1.807) is 4.90 Å². The van der Waals surface area contributed by atoms with Gasteiger partial charge in [0.2, 0.25) is 0 Å². The smallest absolute Gasteiger partial charge is 0.253 e. The highest BCUT2D eigenvalue weighted by Crippen LogP contribution is 2.18. The lowest BCUT2D eigenvalue weighted by Gasteiger charge is -2.29. The zero-order chi connectivity index (χ0) is 16.8. The lowest BCUT2D eigenvalue weighted by Crippen LogP contribution is -2.39. The van der Waals surface area contributed by atoms with Gasteiger partial charge in [-0.2, -0.15) is 0 Å². The molecule has 0 saturated heterocycles. The summed E-state index contributed by atoms with van der Waals surface area (Å²) < 4.78 is 0. The number of nitrogens with zero attached hydrogens (tertiary/aromatic N) is 2. The molecule has 4 nitrogen and oxygen atoms in total. The Balaban J connectivity index is 0. The van der Waals surface area contributed by atoms with Crippen molar-refractivity contribution in [3.05, 3.63) is 29.8 Å². The average molecular weight is 378 g/mol. The molecule has 0 bridgehead atoms. The third-order valence-corrected chi connectivity index (χ3v) is 3.97. The van der Waals surface area contributed by atoms with Crippen LogP contribution < -0.4 is 10.6 Å². The molecule has 0 radical (unpaired) electrons. The normalized spacial score (nSPS) is 10.4. The van der Waals surface area contributed by atoms with Gasteiger partial charge < -0.3 is 15.5 Å². The van der Waals surface area contributed by atoms with Crippen LogP contribution in [-0.4, -0.2) is 44.5 Å². The summed E-state index contributed by atoms with van der Waals surface area (Å²) in [4.78, 5) is 16.4.